The molecule has 0 unspecified atom stereocenters. The third kappa shape index (κ3) is 3.85. The zero-order valence-electron chi connectivity index (χ0n) is 19.6. The van der Waals surface area contributed by atoms with Crippen molar-refractivity contribution in [2.24, 2.45) is 0 Å². The molecule has 4 heterocycles. The van der Waals surface area contributed by atoms with Crippen LogP contribution in [0.1, 0.15) is 39.9 Å². The zero-order chi connectivity index (χ0) is 23.8. The van der Waals surface area contributed by atoms with Crippen molar-refractivity contribution in [1.29, 1.82) is 0 Å². The molecule has 34 heavy (non-hydrogen) atoms. The lowest BCUT2D eigenvalue weighted by Crippen LogP contribution is -2.13. The Morgan fingerprint density at radius 2 is 1.85 bits per heavy atom. The van der Waals surface area contributed by atoms with Gasteiger partial charge in [0.1, 0.15) is 0 Å². The number of pyridine rings is 1. The van der Waals surface area contributed by atoms with E-state index in [1.165, 1.54) is 0 Å². The Morgan fingerprint density at radius 1 is 1.06 bits per heavy atom. The molecule has 4 aromatic heterocycles. The highest BCUT2D eigenvalue weighted by Gasteiger charge is 2.20. The van der Waals surface area contributed by atoms with Gasteiger partial charge in [0, 0.05) is 29.7 Å². The topological polar surface area (TPSA) is 95.5 Å². The average Bonchev–Trinajstić information content (AvgIpc) is 3.52. The first kappa shape index (κ1) is 21.6. The third-order valence-electron chi connectivity index (χ3n) is 5.91. The van der Waals surface area contributed by atoms with E-state index < -0.39 is 0 Å². The number of nitrogens with one attached hydrogen (secondary N) is 1. The Morgan fingerprint density at radius 3 is 2.59 bits per heavy atom. The van der Waals surface area contributed by atoms with E-state index in [1.54, 1.807) is 21.6 Å². The van der Waals surface area contributed by atoms with Crippen molar-refractivity contribution in [3.63, 3.8) is 0 Å². The third-order valence-corrected chi connectivity index (χ3v) is 5.91. The van der Waals surface area contributed by atoms with Crippen molar-refractivity contribution in [2.75, 3.05) is 5.32 Å². The molecule has 172 valence electrons. The minimum absolute atomic E-state index is 0.222. The number of hydrogen-bond donors (Lipinski definition) is 1. The molecule has 1 N–H and O–H groups in total. The molecular weight excluding hydrogens is 428 g/mol. The van der Waals surface area contributed by atoms with Gasteiger partial charge in [-0.25, -0.2) is 9.67 Å². The molecule has 0 aliphatic heterocycles. The van der Waals surface area contributed by atoms with Crippen molar-refractivity contribution < 1.29 is 4.79 Å². The fourth-order valence-corrected chi connectivity index (χ4v) is 4.19. The first-order chi connectivity index (χ1) is 16.4. The fourth-order valence-electron chi connectivity index (χ4n) is 4.19. The van der Waals surface area contributed by atoms with Gasteiger partial charge in [-0.3, -0.25) is 14.2 Å². The van der Waals surface area contributed by atoms with Crippen molar-refractivity contribution in [3.05, 3.63) is 83.2 Å². The molecule has 0 aliphatic rings. The molecule has 5 aromatic rings. The van der Waals surface area contributed by atoms with Gasteiger partial charge in [-0.2, -0.15) is 15.3 Å². The maximum absolute atomic E-state index is 13.3. The number of amides is 1. The van der Waals surface area contributed by atoms with Gasteiger partial charge >= 0.3 is 0 Å². The van der Waals surface area contributed by atoms with Gasteiger partial charge in [0.15, 0.2) is 5.65 Å². The van der Waals surface area contributed by atoms with Crippen LogP contribution in [0.4, 0.5) is 5.69 Å². The lowest BCUT2D eigenvalue weighted by Gasteiger charge is -2.07. The molecule has 5 rings (SSSR count). The van der Waals surface area contributed by atoms with Crippen LogP contribution in [-0.2, 0) is 13.1 Å². The van der Waals surface area contributed by atoms with Crippen molar-refractivity contribution in [3.8, 4) is 5.69 Å². The second-order valence-electron chi connectivity index (χ2n) is 8.29. The largest absolute Gasteiger partial charge is 0.319 e. The number of carbonyl (C=O) groups excluding carboxylic acids is 1. The number of fused-ring (bicyclic) bond motifs is 1. The first-order valence-electron chi connectivity index (χ1n) is 11.2. The Balaban J connectivity index is 1.43. The summed E-state index contributed by atoms with van der Waals surface area (Å²) in [5.74, 6) is -0.222. The standard InChI is InChI=1S/C25H26N8O/c1-5-32-18(4)19(12-27-32)14-31-15-20(13-26-31)29-25(34)22-11-16(2)28-24-23(22)17(3)30-33(24)21-9-7-6-8-10-21/h6-13,15H,5,14H2,1-4H3,(H,29,34). The quantitative estimate of drug-likeness (QED) is 0.417. The first-order valence-corrected chi connectivity index (χ1v) is 11.2. The maximum Gasteiger partial charge on any atom is 0.256 e. The number of anilines is 1. The van der Waals surface area contributed by atoms with E-state index in [-0.39, 0.29) is 5.91 Å². The smallest absolute Gasteiger partial charge is 0.256 e. The number of carbonyl (C=O) groups is 1. The van der Waals surface area contributed by atoms with Crippen LogP contribution >= 0.6 is 0 Å². The monoisotopic (exact) mass is 454 g/mol. The van der Waals surface area contributed by atoms with Crippen LogP contribution in [0, 0.1) is 20.8 Å². The second kappa shape index (κ2) is 8.58. The highest BCUT2D eigenvalue weighted by atomic mass is 16.1. The summed E-state index contributed by atoms with van der Waals surface area (Å²) in [6, 6.07) is 11.6. The predicted octanol–water partition coefficient (Wildman–Crippen LogP) is 4.06. The summed E-state index contributed by atoms with van der Waals surface area (Å²) in [5, 5.41) is 17.2. The maximum atomic E-state index is 13.3. The summed E-state index contributed by atoms with van der Waals surface area (Å²) < 4.78 is 5.54. The van der Waals surface area contributed by atoms with Crippen LogP contribution in [0.15, 0.2) is 55.0 Å². The Labute approximate surface area is 197 Å². The molecule has 0 radical (unpaired) electrons. The second-order valence-corrected chi connectivity index (χ2v) is 8.29. The molecule has 9 nitrogen and oxygen atoms in total. The Kier molecular flexibility index (Phi) is 5.45. The molecule has 1 amide bonds. The van der Waals surface area contributed by atoms with E-state index in [4.69, 9.17) is 0 Å². The van der Waals surface area contributed by atoms with E-state index >= 15 is 0 Å². The number of para-hydroxylation sites is 1. The van der Waals surface area contributed by atoms with E-state index in [9.17, 15) is 4.79 Å². The Hall–Kier alpha value is -4.27. The minimum atomic E-state index is -0.222. The Bertz CT molecular complexity index is 1490. The van der Waals surface area contributed by atoms with Gasteiger partial charge < -0.3 is 5.32 Å². The van der Waals surface area contributed by atoms with Crippen molar-refractivity contribution >= 4 is 22.6 Å². The number of aryl methyl sites for hydroxylation is 3. The number of nitrogens with zero attached hydrogens (tertiary/aromatic N) is 7. The zero-order valence-corrected chi connectivity index (χ0v) is 19.6. The molecule has 0 saturated carbocycles. The molecule has 0 spiro atoms. The lowest BCUT2D eigenvalue weighted by molar-refractivity contribution is 0.102. The van der Waals surface area contributed by atoms with Crippen LogP contribution in [0.5, 0.6) is 0 Å². The molecule has 1 aromatic carbocycles. The molecule has 0 aliphatic carbocycles. The minimum Gasteiger partial charge on any atom is -0.319 e. The summed E-state index contributed by atoms with van der Waals surface area (Å²) in [6.07, 6.45) is 5.34. The molecule has 9 heteroatoms. The molecular formula is C25H26N8O. The highest BCUT2D eigenvalue weighted by Crippen LogP contribution is 2.25. The summed E-state index contributed by atoms with van der Waals surface area (Å²) in [4.78, 5) is 18.0. The predicted molar refractivity (Wildman–Crippen MR) is 130 cm³/mol. The van der Waals surface area contributed by atoms with Gasteiger partial charge in [0.25, 0.3) is 5.91 Å². The van der Waals surface area contributed by atoms with Crippen LogP contribution < -0.4 is 5.32 Å². The number of aromatic nitrogens is 7. The molecule has 0 fully saturated rings. The van der Waals surface area contributed by atoms with E-state index in [1.807, 2.05) is 68.2 Å². The van der Waals surface area contributed by atoms with Gasteiger partial charge in [-0.1, -0.05) is 18.2 Å². The van der Waals surface area contributed by atoms with Gasteiger partial charge in [-0.05, 0) is 45.9 Å². The van der Waals surface area contributed by atoms with Crippen LogP contribution in [0.2, 0.25) is 0 Å². The average molecular weight is 455 g/mol. The van der Waals surface area contributed by atoms with Crippen LogP contribution in [0.3, 0.4) is 0 Å². The molecule has 0 bridgehead atoms. The van der Waals surface area contributed by atoms with E-state index in [0.717, 1.165) is 40.3 Å². The lowest BCUT2D eigenvalue weighted by atomic mass is 10.1. The summed E-state index contributed by atoms with van der Waals surface area (Å²) >= 11 is 0. The summed E-state index contributed by atoms with van der Waals surface area (Å²) in [5.41, 5.74) is 6.42. The van der Waals surface area contributed by atoms with Crippen LogP contribution in [-0.4, -0.2) is 40.2 Å². The van der Waals surface area contributed by atoms with Gasteiger partial charge in [0.05, 0.1) is 47.0 Å². The van der Waals surface area contributed by atoms with Gasteiger partial charge in [0.2, 0.25) is 0 Å². The van der Waals surface area contributed by atoms with Crippen LogP contribution in [0.25, 0.3) is 16.7 Å². The number of rotatable bonds is 6. The molecule has 0 atom stereocenters. The van der Waals surface area contributed by atoms with Gasteiger partial charge in [-0.15, -0.1) is 0 Å². The van der Waals surface area contributed by atoms with Crippen molar-refractivity contribution in [1.82, 2.24) is 34.3 Å². The fraction of sp³-hybridized carbons (Fsp3) is 0.240. The highest BCUT2D eigenvalue weighted by molar-refractivity contribution is 6.12. The summed E-state index contributed by atoms with van der Waals surface area (Å²) in [6.45, 7) is 9.30. The number of hydrogen-bond acceptors (Lipinski definition) is 5. The molecule has 0 saturated heterocycles. The van der Waals surface area contributed by atoms with E-state index in [0.29, 0.717) is 23.4 Å². The SMILES string of the molecule is CCn1ncc(Cn2cc(NC(=O)c3cc(C)nc4c3c(C)nn4-c3ccccc3)cn2)c1C. The van der Waals surface area contributed by atoms with Crippen molar-refractivity contribution in [2.45, 2.75) is 40.8 Å². The summed E-state index contributed by atoms with van der Waals surface area (Å²) in [7, 11) is 0. The van der Waals surface area contributed by atoms with E-state index in [2.05, 4.69) is 32.5 Å². The number of benzene rings is 1. The normalized spacial score (nSPS) is 11.3.